The average Bonchev–Trinajstić information content (AvgIpc) is 3.18. The van der Waals surface area contributed by atoms with Gasteiger partial charge in [-0.05, 0) is 82.2 Å². The maximum Gasteiger partial charge on any atom is 0.0775 e. The molecular weight excluding hydrogens is 685 g/mol. The van der Waals surface area contributed by atoms with E-state index in [-0.39, 0.29) is 0 Å². The van der Waals surface area contributed by atoms with E-state index in [0.29, 0.717) is 0 Å². The Morgan fingerprint density at radius 3 is 0.963 bits per heavy atom. The molecular formula is C50H46N2Si2. The van der Waals surface area contributed by atoms with Crippen molar-refractivity contribution < 1.29 is 0 Å². The van der Waals surface area contributed by atoms with E-state index >= 15 is 0 Å². The van der Waals surface area contributed by atoms with Crippen LogP contribution in [0.2, 0.25) is 39.3 Å². The summed E-state index contributed by atoms with van der Waals surface area (Å²) in [5, 5.41) is 13.1. The van der Waals surface area contributed by atoms with Gasteiger partial charge >= 0.3 is 0 Å². The molecule has 0 fully saturated rings. The van der Waals surface area contributed by atoms with Gasteiger partial charge in [-0.1, -0.05) is 159 Å². The van der Waals surface area contributed by atoms with E-state index in [1.807, 2.05) is 0 Å². The lowest BCUT2D eigenvalue weighted by atomic mass is 9.87. The molecule has 0 saturated heterocycles. The van der Waals surface area contributed by atoms with Gasteiger partial charge in [-0.3, -0.25) is 0 Å². The van der Waals surface area contributed by atoms with Crippen LogP contribution >= 0.6 is 0 Å². The van der Waals surface area contributed by atoms with Gasteiger partial charge in [0.1, 0.15) is 0 Å². The second kappa shape index (κ2) is 13.0. The van der Waals surface area contributed by atoms with E-state index in [2.05, 4.69) is 219 Å². The van der Waals surface area contributed by atoms with E-state index in [0.717, 1.165) is 11.4 Å². The fraction of sp³-hybridized carbons (Fsp3) is 0.120. The van der Waals surface area contributed by atoms with Crippen LogP contribution in [-0.4, -0.2) is 16.1 Å². The molecule has 9 rings (SSSR count). The highest BCUT2D eigenvalue weighted by Crippen LogP contribution is 2.51. The van der Waals surface area contributed by atoms with Gasteiger partial charge in [-0.2, -0.15) is 0 Å². The molecule has 9 aromatic rings. The summed E-state index contributed by atoms with van der Waals surface area (Å²) >= 11 is 0. The molecule has 0 aliphatic heterocycles. The van der Waals surface area contributed by atoms with Crippen molar-refractivity contribution in [2.24, 2.45) is 0 Å². The Morgan fingerprint density at radius 1 is 0.296 bits per heavy atom. The Hall–Kier alpha value is -5.69. The molecule has 0 heterocycles. The maximum atomic E-state index is 2.46. The van der Waals surface area contributed by atoms with E-state index in [9.17, 15) is 0 Å². The summed E-state index contributed by atoms with van der Waals surface area (Å²) in [5.74, 6) is 0. The lowest BCUT2D eigenvalue weighted by molar-refractivity contribution is 1.30. The van der Waals surface area contributed by atoms with E-state index in [1.165, 1.54) is 76.2 Å². The second-order valence-electron chi connectivity index (χ2n) is 16.7. The summed E-state index contributed by atoms with van der Waals surface area (Å²) in [5.41, 5.74) is 7.00. The summed E-state index contributed by atoms with van der Waals surface area (Å²) in [4.78, 5) is 4.92. The summed E-state index contributed by atoms with van der Waals surface area (Å²) in [6.45, 7) is 14.5. The van der Waals surface area contributed by atoms with Crippen LogP contribution in [0.25, 0.3) is 43.1 Å². The predicted octanol–water partition coefficient (Wildman–Crippen LogP) is 13.8. The predicted molar refractivity (Wildman–Crippen MR) is 243 cm³/mol. The van der Waals surface area contributed by atoms with Gasteiger partial charge in [-0.25, -0.2) is 0 Å². The van der Waals surface area contributed by atoms with Crippen LogP contribution in [0.5, 0.6) is 0 Å². The number of anilines is 6. The van der Waals surface area contributed by atoms with Gasteiger partial charge in [0.15, 0.2) is 0 Å². The van der Waals surface area contributed by atoms with Crippen LogP contribution < -0.4 is 20.2 Å². The van der Waals surface area contributed by atoms with Gasteiger partial charge in [0, 0.05) is 44.3 Å². The zero-order chi connectivity index (χ0) is 37.2. The Bertz CT molecular complexity index is 2570. The molecule has 0 bridgehead atoms. The third kappa shape index (κ3) is 5.78. The van der Waals surface area contributed by atoms with Crippen LogP contribution in [0.15, 0.2) is 170 Å². The molecule has 0 amide bonds. The quantitative estimate of drug-likeness (QED) is 0.0872. The van der Waals surface area contributed by atoms with Crippen molar-refractivity contribution in [2.45, 2.75) is 39.3 Å². The van der Waals surface area contributed by atoms with E-state index < -0.39 is 16.1 Å². The Balaban J connectivity index is 1.37. The number of hydrogen-bond acceptors (Lipinski definition) is 2. The highest BCUT2D eigenvalue weighted by Gasteiger charge is 2.26. The standard InChI is InChI=1S/C50H46N2Si2/c1-53(2,3)41-29-25-39(26-30-41)51(37-15-9-7-10-16-37)45-33-23-35-21-22-36-24-34-46(50-44-20-14-13-19-43(44)49(45)47(35)48(36)50)52(38-17-11-8-12-18-38)40-27-31-42(32-28-40)54(4,5)6/h7-34H,1-6H3. The van der Waals surface area contributed by atoms with Crippen molar-refractivity contribution in [3.05, 3.63) is 170 Å². The first-order valence-corrected chi connectivity index (χ1v) is 26.1. The molecule has 4 heteroatoms. The Labute approximate surface area is 321 Å². The van der Waals surface area contributed by atoms with Gasteiger partial charge in [0.25, 0.3) is 0 Å². The van der Waals surface area contributed by atoms with Gasteiger partial charge in [0.2, 0.25) is 0 Å². The zero-order valence-corrected chi connectivity index (χ0v) is 34.1. The molecule has 2 nitrogen and oxygen atoms in total. The third-order valence-corrected chi connectivity index (χ3v) is 15.2. The summed E-state index contributed by atoms with van der Waals surface area (Å²) in [7, 11) is -2.94. The van der Waals surface area contributed by atoms with Crippen molar-refractivity contribution in [1.82, 2.24) is 0 Å². The number of fused-ring (bicyclic) bond motifs is 3. The molecule has 264 valence electrons. The van der Waals surface area contributed by atoms with Crippen LogP contribution in [0.1, 0.15) is 0 Å². The minimum Gasteiger partial charge on any atom is -0.310 e. The molecule has 54 heavy (non-hydrogen) atoms. The fourth-order valence-electron chi connectivity index (χ4n) is 8.28. The van der Waals surface area contributed by atoms with Gasteiger partial charge in [0.05, 0.1) is 27.5 Å². The zero-order valence-electron chi connectivity index (χ0n) is 32.1. The molecule has 0 saturated carbocycles. The Kier molecular flexibility index (Phi) is 8.22. The molecule has 0 aliphatic rings. The largest absolute Gasteiger partial charge is 0.310 e. The summed E-state index contributed by atoms with van der Waals surface area (Å²) in [6, 6.07) is 63.4. The minimum absolute atomic E-state index is 1.15. The van der Waals surface area contributed by atoms with Crippen molar-refractivity contribution in [1.29, 1.82) is 0 Å². The first-order chi connectivity index (χ1) is 26.1. The van der Waals surface area contributed by atoms with Crippen LogP contribution in [0, 0.1) is 0 Å². The monoisotopic (exact) mass is 730 g/mol. The highest BCUT2D eigenvalue weighted by molar-refractivity contribution is 6.89. The van der Waals surface area contributed by atoms with Gasteiger partial charge < -0.3 is 9.80 Å². The van der Waals surface area contributed by atoms with E-state index in [4.69, 9.17) is 0 Å². The maximum absolute atomic E-state index is 2.46. The molecule has 0 aromatic heterocycles. The lowest BCUT2D eigenvalue weighted by Gasteiger charge is -2.31. The fourth-order valence-corrected chi connectivity index (χ4v) is 10.6. The van der Waals surface area contributed by atoms with Crippen LogP contribution in [0.3, 0.4) is 0 Å². The summed E-state index contributed by atoms with van der Waals surface area (Å²) in [6.07, 6.45) is 0. The van der Waals surface area contributed by atoms with Crippen LogP contribution in [-0.2, 0) is 0 Å². The van der Waals surface area contributed by atoms with Crippen molar-refractivity contribution >= 4 is 104 Å². The second-order valence-corrected chi connectivity index (χ2v) is 26.8. The molecule has 0 unspecified atom stereocenters. The summed E-state index contributed by atoms with van der Waals surface area (Å²) < 4.78 is 0. The van der Waals surface area contributed by atoms with Crippen molar-refractivity contribution in [2.75, 3.05) is 9.80 Å². The molecule has 0 spiro atoms. The highest BCUT2D eigenvalue weighted by atomic mass is 28.3. The topological polar surface area (TPSA) is 6.48 Å². The molecule has 0 aliphatic carbocycles. The normalized spacial score (nSPS) is 12.3. The molecule has 0 radical (unpaired) electrons. The molecule has 0 atom stereocenters. The lowest BCUT2D eigenvalue weighted by Crippen LogP contribution is -2.37. The van der Waals surface area contributed by atoms with Crippen molar-refractivity contribution in [3.63, 3.8) is 0 Å². The van der Waals surface area contributed by atoms with Crippen molar-refractivity contribution in [3.8, 4) is 0 Å². The number of para-hydroxylation sites is 2. The average molecular weight is 731 g/mol. The number of hydrogen-bond donors (Lipinski definition) is 0. The van der Waals surface area contributed by atoms with Gasteiger partial charge in [-0.15, -0.1) is 0 Å². The van der Waals surface area contributed by atoms with E-state index in [1.54, 1.807) is 0 Å². The molecule has 0 N–H and O–H groups in total. The SMILES string of the molecule is C[Si](C)(C)c1ccc(N(c2ccccc2)c2ccc3ccc4ccc(N(c5ccccc5)c5ccc([Si](C)(C)C)cc5)c5c6ccccc6c2c3c45)cc1. The first kappa shape index (κ1) is 34.1. The van der Waals surface area contributed by atoms with Crippen LogP contribution in [0.4, 0.5) is 34.1 Å². The minimum atomic E-state index is -1.47. The third-order valence-electron chi connectivity index (χ3n) is 11.1. The number of rotatable bonds is 8. The Morgan fingerprint density at radius 2 is 0.611 bits per heavy atom. The first-order valence-electron chi connectivity index (χ1n) is 19.1. The molecule has 9 aromatic carbocycles. The number of nitrogens with zero attached hydrogens (tertiary/aromatic N) is 2. The number of benzene rings is 9. The smallest absolute Gasteiger partial charge is 0.0775 e.